The molecule has 0 radical (unpaired) electrons. The largest absolute Gasteiger partial charge is 0.501 e. The Bertz CT molecular complexity index is 716. The van der Waals surface area contributed by atoms with Gasteiger partial charge in [-0.15, -0.1) is 0 Å². The minimum atomic E-state index is -5.39. The minimum absolute atomic E-state index is 0.0911. The average Bonchev–Trinajstić information content (AvgIpc) is 2.45. The van der Waals surface area contributed by atoms with E-state index in [1.54, 1.807) is 12.1 Å². The van der Waals surface area contributed by atoms with E-state index in [1.165, 1.54) is 30.6 Å². The lowest BCUT2D eigenvalue weighted by molar-refractivity contribution is -0.0435. The van der Waals surface area contributed by atoms with Crippen molar-refractivity contribution in [1.29, 1.82) is 0 Å². The number of halogens is 3. The molecule has 0 bridgehead atoms. The van der Waals surface area contributed by atoms with Gasteiger partial charge in [0, 0.05) is 18.9 Å². The molecule has 1 aromatic heterocycles. The Hall–Kier alpha value is -2.09. The summed E-state index contributed by atoms with van der Waals surface area (Å²) in [7, 11) is -5.39. The zero-order valence-electron chi connectivity index (χ0n) is 10.6. The van der Waals surface area contributed by atoms with E-state index < -0.39 is 20.2 Å². The van der Waals surface area contributed by atoms with Crippen LogP contribution in [-0.2, 0) is 16.4 Å². The summed E-state index contributed by atoms with van der Waals surface area (Å²) >= 11 is 0. The van der Waals surface area contributed by atoms with E-state index in [0.29, 0.717) is 0 Å². The summed E-state index contributed by atoms with van der Waals surface area (Å²) < 4.78 is 60.9. The quantitative estimate of drug-likeness (QED) is 0.942. The third-order valence-corrected chi connectivity index (χ3v) is 4.26. The Kier molecular flexibility index (Phi) is 4.17. The summed E-state index contributed by atoms with van der Waals surface area (Å²) in [5, 5.41) is 2.70. The number of hydrogen-bond acceptors (Lipinski definition) is 4. The van der Waals surface area contributed by atoms with Crippen molar-refractivity contribution in [3.8, 4) is 0 Å². The summed E-state index contributed by atoms with van der Waals surface area (Å²) in [6.07, 6.45) is 3.07. The van der Waals surface area contributed by atoms with Crippen LogP contribution in [0.1, 0.15) is 5.56 Å². The smallest absolute Gasteiger partial charge is 0.380 e. The molecule has 0 saturated heterocycles. The monoisotopic (exact) mass is 316 g/mol. The number of hydrogen-bond donors (Lipinski definition) is 1. The summed E-state index contributed by atoms with van der Waals surface area (Å²) in [6.45, 7) is 0.187. The second-order valence-electron chi connectivity index (χ2n) is 4.15. The Balaban J connectivity index is 2.30. The normalized spacial score (nSPS) is 12.1. The van der Waals surface area contributed by atoms with Gasteiger partial charge in [0.05, 0.1) is 10.6 Å². The molecule has 0 aliphatic heterocycles. The van der Waals surface area contributed by atoms with Crippen molar-refractivity contribution in [2.24, 2.45) is 0 Å². The maximum absolute atomic E-state index is 12.6. The third kappa shape index (κ3) is 3.33. The highest BCUT2D eigenvalue weighted by Crippen LogP contribution is 2.34. The topological polar surface area (TPSA) is 59.1 Å². The fourth-order valence-electron chi connectivity index (χ4n) is 1.67. The van der Waals surface area contributed by atoms with Crippen LogP contribution in [0.4, 0.5) is 18.9 Å². The van der Waals surface area contributed by atoms with Crippen LogP contribution in [-0.4, -0.2) is 18.9 Å². The van der Waals surface area contributed by atoms with Gasteiger partial charge in [-0.25, -0.2) is 8.42 Å². The molecule has 1 heterocycles. The van der Waals surface area contributed by atoms with Crippen LogP contribution in [0.2, 0.25) is 0 Å². The molecule has 112 valence electrons. The van der Waals surface area contributed by atoms with Crippen molar-refractivity contribution in [1.82, 2.24) is 4.98 Å². The highest BCUT2D eigenvalue weighted by molar-refractivity contribution is 7.92. The van der Waals surface area contributed by atoms with Crippen molar-refractivity contribution >= 4 is 15.5 Å². The number of sulfone groups is 1. The minimum Gasteiger partial charge on any atom is -0.380 e. The molecular formula is C13H11F3N2O2S. The Morgan fingerprint density at radius 1 is 1.05 bits per heavy atom. The molecule has 2 rings (SSSR count). The molecule has 1 aromatic carbocycles. The summed E-state index contributed by atoms with van der Waals surface area (Å²) in [5.41, 5.74) is -4.66. The van der Waals surface area contributed by atoms with E-state index in [1.807, 2.05) is 0 Å². The van der Waals surface area contributed by atoms with Gasteiger partial charge in [0.2, 0.25) is 0 Å². The van der Waals surface area contributed by atoms with Crippen molar-refractivity contribution in [2.75, 3.05) is 5.32 Å². The van der Waals surface area contributed by atoms with Gasteiger partial charge in [0.15, 0.2) is 0 Å². The van der Waals surface area contributed by atoms with Crippen LogP contribution >= 0.6 is 0 Å². The van der Waals surface area contributed by atoms with E-state index in [0.717, 1.165) is 11.6 Å². The lowest BCUT2D eigenvalue weighted by Crippen LogP contribution is -2.24. The van der Waals surface area contributed by atoms with Crippen LogP contribution in [0.15, 0.2) is 53.7 Å². The second kappa shape index (κ2) is 5.72. The van der Waals surface area contributed by atoms with Gasteiger partial charge in [0.25, 0.3) is 9.84 Å². The summed E-state index contributed by atoms with van der Waals surface area (Å²) in [4.78, 5) is 3.03. The number of nitrogens with zero attached hydrogens (tertiary/aromatic N) is 1. The standard InChI is InChI=1S/C13H11F3N2O2S/c14-13(15,16)21(19,20)12-4-2-1-3-11(12)18-9-10-5-7-17-8-6-10/h1-8,18H,9H2. The molecule has 0 unspecified atom stereocenters. The molecular weight excluding hydrogens is 305 g/mol. The Morgan fingerprint density at radius 3 is 2.29 bits per heavy atom. The number of nitrogens with one attached hydrogen (secondary N) is 1. The van der Waals surface area contributed by atoms with E-state index in [4.69, 9.17) is 0 Å². The van der Waals surface area contributed by atoms with Gasteiger partial charge < -0.3 is 5.32 Å². The van der Waals surface area contributed by atoms with E-state index in [9.17, 15) is 21.6 Å². The summed E-state index contributed by atoms with van der Waals surface area (Å²) in [6, 6.07) is 8.28. The van der Waals surface area contributed by atoms with E-state index in [2.05, 4.69) is 10.3 Å². The number of pyridine rings is 1. The Morgan fingerprint density at radius 2 is 1.67 bits per heavy atom. The van der Waals surface area contributed by atoms with Gasteiger partial charge in [-0.3, -0.25) is 4.98 Å². The van der Waals surface area contributed by atoms with Crippen LogP contribution < -0.4 is 5.32 Å². The molecule has 0 spiro atoms. The van der Waals surface area contributed by atoms with Crippen LogP contribution in [0, 0.1) is 0 Å². The first kappa shape index (κ1) is 15.3. The fraction of sp³-hybridized carbons (Fsp3) is 0.154. The van der Waals surface area contributed by atoms with E-state index >= 15 is 0 Å². The highest BCUT2D eigenvalue weighted by Gasteiger charge is 2.47. The van der Waals surface area contributed by atoms with Gasteiger partial charge in [-0.2, -0.15) is 13.2 Å². The van der Waals surface area contributed by atoms with Crippen LogP contribution in [0.5, 0.6) is 0 Å². The van der Waals surface area contributed by atoms with Crippen LogP contribution in [0.25, 0.3) is 0 Å². The molecule has 21 heavy (non-hydrogen) atoms. The van der Waals surface area contributed by atoms with E-state index in [-0.39, 0.29) is 12.2 Å². The van der Waals surface area contributed by atoms with Gasteiger partial charge >= 0.3 is 5.51 Å². The van der Waals surface area contributed by atoms with Crippen molar-refractivity contribution < 1.29 is 21.6 Å². The highest BCUT2D eigenvalue weighted by atomic mass is 32.2. The third-order valence-electron chi connectivity index (χ3n) is 2.71. The summed E-state index contributed by atoms with van der Waals surface area (Å²) in [5.74, 6) is 0. The van der Waals surface area contributed by atoms with Crippen molar-refractivity contribution in [2.45, 2.75) is 16.9 Å². The number of benzene rings is 1. The van der Waals surface area contributed by atoms with Crippen molar-refractivity contribution in [3.05, 3.63) is 54.4 Å². The average molecular weight is 316 g/mol. The first-order chi connectivity index (χ1) is 9.82. The predicted molar refractivity (Wildman–Crippen MR) is 71.2 cm³/mol. The molecule has 0 saturated carbocycles. The molecule has 0 aliphatic carbocycles. The lowest BCUT2D eigenvalue weighted by Gasteiger charge is -2.14. The number of para-hydroxylation sites is 1. The predicted octanol–water partition coefficient (Wildman–Crippen LogP) is 2.99. The molecule has 0 atom stereocenters. The molecule has 0 aliphatic rings. The zero-order chi connectivity index (χ0) is 15.5. The van der Waals surface area contributed by atoms with Crippen LogP contribution in [0.3, 0.4) is 0 Å². The first-order valence-corrected chi connectivity index (χ1v) is 7.34. The van der Waals surface area contributed by atoms with Crippen molar-refractivity contribution in [3.63, 3.8) is 0 Å². The zero-order valence-corrected chi connectivity index (χ0v) is 11.4. The maximum Gasteiger partial charge on any atom is 0.501 e. The van der Waals surface area contributed by atoms with Gasteiger partial charge in [-0.1, -0.05) is 12.1 Å². The van der Waals surface area contributed by atoms with Gasteiger partial charge in [0.1, 0.15) is 0 Å². The number of rotatable bonds is 4. The number of anilines is 1. The molecule has 0 amide bonds. The molecule has 8 heteroatoms. The van der Waals surface area contributed by atoms with Gasteiger partial charge in [-0.05, 0) is 29.8 Å². The lowest BCUT2D eigenvalue weighted by atomic mass is 10.2. The molecule has 1 N–H and O–H groups in total. The fourth-order valence-corrected chi connectivity index (χ4v) is 2.61. The molecule has 0 fully saturated rings. The maximum atomic E-state index is 12.6. The number of alkyl halides is 3. The first-order valence-electron chi connectivity index (χ1n) is 5.85. The molecule has 4 nitrogen and oxygen atoms in total. The molecule has 2 aromatic rings. The SMILES string of the molecule is O=S(=O)(c1ccccc1NCc1ccncc1)C(F)(F)F. The Labute approximate surface area is 119 Å². The second-order valence-corrected chi connectivity index (χ2v) is 6.06. The number of aromatic nitrogens is 1.